The third kappa shape index (κ3) is 5.57. The molecule has 1 amide bonds. The van der Waals surface area contributed by atoms with Gasteiger partial charge in [-0.2, -0.15) is 0 Å². The van der Waals surface area contributed by atoms with Crippen LogP contribution in [0.5, 0.6) is 0 Å². The molecule has 1 fully saturated rings. The highest BCUT2D eigenvalue weighted by molar-refractivity contribution is 7.80. The minimum Gasteiger partial charge on any atom is -0.465 e. The summed E-state index contributed by atoms with van der Waals surface area (Å²) in [5, 5.41) is 6.91. The number of nitrogens with zero attached hydrogens (tertiary/aromatic N) is 3. The van der Waals surface area contributed by atoms with Crippen molar-refractivity contribution in [3.8, 4) is 5.69 Å². The minimum absolute atomic E-state index is 0.0171. The number of anilines is 2. The number of aryl methyl sites for hydroxylation is 1. The number of nitrogens with one attached hydrogen (secondary N) is 2. The maximum absolute atomic E-state index is 12.0. The molecule has 2 aromatic carbocycles. The van der Waals surface area contributed by atoms with Crippen molar-refractivity contribution in [2.45, 2.75) is 25.9 Å². The van der Waals surface area contributed by atoms with E-state index in [0.717, 1.165) is 34.0 Å². The average Bonchev–Trinajstić information content (AvgIpc) is 3.48. The van der Waals surface area contributed by atoms with Crippen LogP contribution >= 0.6 is 12.2 Å². The van der Waals surface area contributed by atoms with Gasteiger partial charge in [0.05, 0.1) is 30.5 Å². The molecule has 10 heteroatoms. The minimum atomic E-state index is -0.373. The van der Waals surface area contributed by atoms with E-state index in [1.54, 1.807) is 18.3 Å². The Morgan fingerprint density at radius 1 is 1.00 bits per heavy atom. The zero-order valence-electron chi connectivity index (χ0n) is 23.3. The van der Waals surface area contributed by atoms with E-state index in [0.29, 0.717) is 16.4 Å². The summed E-state index contributed by atoms with van der Waals surface area (Å²) in [6, 6.07) is 22.6. The van der Waals surface area contributed by atoms with Gasteiger partial charge in [0.2, 0.25) is 5.91 Å². The molecule has 2 aromatic heterocycles. The molecule has 0 unspecified atom stereocenters. The maximum Gasteiger partial charge on any atom is 0.337 e. The number of pyridine rings is 1. The first-order valence-electron chi connectivity index (χ1n) is 13.1. The Balaban J connectivity index is 1.56. The Bertz CT molecular complexity index is 1570. The van der Waals surface area contributed by atoms with Crippen LogP contribution in [0.25, 0.3) is 5.69 Å². The topological polar surface area (TPSA) is 97.7 Å². The number of thiocarbonyl (C=S) groups is 1. The van der Waals surface area contributed by atoms with E-state index in [2.05, 4.69) is 45.0 Å². The highest BCUT2D eigenvalue weighted by Crippen LogP contribution is 2.44. The molecular formula is C31H31N5O4S. The Labute approximate surface area is 244 Å². The number of ether oxygens (including phenoxy) is 2. The molecule has 0 spiro atoms. The summed E-state index contributed by atoms with van der Waals surface area (Å²) in [6.45, 7) is 4.12. The van der Waals surface area contributed by atoms with Crippen molar-refractivity contribution in [3.05, 3.63) is 107 Å². The van der Waals surface area contributed by atoms with Crippen LogP contribution in [0.4, 0.5) is 11.4 Å². The molecule has 1 aliphatic rings. The van der Waals surface area contributed by atoms with Gasteiger partial charge in [-0.25, -0.2) is 4.79 Å². The lowest BCUT2D eigenvalue weighted by Gasteiger charge is -2.28. The van der Waals surface area contributed by atoms with Gasteiger partial charge >= 0.3 is 5.97 Å². The second-order valence-electron chi connectivity index (χ2n) is 9.73. The van der Waals surface area contributed by atoms with Crippen molar-refractivity contribution in [1.82, 2.24) is 14.9 Å². The Morgan fingerprint density at radius 3 is 2.34 bits per heavy atom. The average molecular weight is 570 g/mol. The van der Waals surface area contributed by atoms with Crippen LogP contribution in [0.1, 0.15) is 45.1 Å². The van der Waals surface area contributed by atoms with Crippen LogP contribution in [-0.2, 0) is 14.3 Å². The van der Waals surface area contributed by atoms with Crippen LogP contribution in [0.15, 0.2) is 79.0 Å². The molecule has 1 saturated heterocycles. The smallest absolute Gasteiger partial charge is 0.337 e. The first-order chi connectivity index (χ1) is 19.8. The Hall–Kier alpha value is -4.54. The summed E-state index contributed by atoms with van der Waals surface area (Å²) in [4.78, 5) is 30.7. The van der Waals surface area contributed by atoms with E-state index in [1.165, 1.54) is 14.2 Å². The van der Waals surface area contributed by atoms with E-state index in [4.69, 9.17) is 21.7 Å². The highest BCUT2D eigenvalue weighted by Gasteiger charge is 2.42. The first kappa shape index (κ1) is 28.0. The Kier molecular flexibility index (Phi) is 8.14. The lowest BCUT2D eigenvalue weighted by Crippen LogP contribution is -2.29. The summed E-state index contributed by atoms with van der Waals surface area (Å²) in [5.74, 6) is -0.597. The first-order valence-corrected chi connectivity index (χ1v) is 13.5. The zero-order valence-corrected chi connectivity index (χ0v) is 24.1. The molecule has 4 aromatic rings. The number of rotatable bonds is 8. The van der Waals surface area contributed by atoms with E-state index < -0.39 is 0 Å². The third-order valence-corrected chi connectivity index (χ3v) is 7.45. The van der Waals surface area contributed by atoms with Gasteiger partial charge in [-0.05, 0) is 98.4 Å². The van der Waals surface area contributed by atoms with Crippen LogP contribution in [0, 0.1) is 13.8 Å². The number of methoxy groups -OCH3 is 2. The maximum atomic E-state index is 12.0. The SMILES string of the molecule is COCC(=O)Nc1ccc(N2C(=S)N[C@H](c3ccccn3)[C@@H]2c2cc(C)n(-c3ccc(C(=O)OC)cc3)c2C)cc1. The summed E-state index contributed by atoms with van der Waals surface area (Å²) >= 11 is 5.89. The number of hydrogen-bond acceptors (Lipinski definition) is 6. The number of carbonyl (C=O) groups excluding carboxylic acids is 2. The summed E-state index contributed by atoms with van der Waals surface area (Å²) in [7, 11) is 2.86. The van der Waals surface area contributed by atoms with Crippen molar-refractivity contribution in [3.63, 3.8) is 0 Å². The number of esters is 1. The lowest BCUT2D eigenvalue weighted by molar-refractivity contribution is -0.119. The van der Waals surface area contributed by atoms with Gasteiger partial charge < -0.3 is 29.6 Å². The summed E-state index contributed by atoms with van der Waals surface area (Å²) in [5.41, 5.74) is 7.01. The van der Waals surface area contributed by atoms with Gasteiger partial charge in [0.1, 0.15) is 6.61 Å². The summed E-state index contributed by atoms with van der Waals surface area (Å²) < 4.78 is 11.9. The highest BCUT2D eigenvalue weighted by atomic mass is 32.1. The number of carbonyl (C=O) groups is 2. The molecule has 41 heavy (non-hydrogen) atoms. The van der Waals surface area contributed by atoms with Gasteiger partial charge in [-0.3, -0.25) is 9.78 Å². The molecule has 210 valence electrons. The molecule has 5 rings (SSSR count). The number of benzene rings is 2. The monoisotopic (exact) mass is 569 g/mol. The number of hydrogen-bond donors (Lipinski definition) is 2. The van der Waals surface area contributed by atoms with E-state index in [1.807, 2.05) is 54.6 Å². The largest absolute Gasteiger partial charge is 0.465 e. The lowest BCUT2D eigenvalue weighted by atomic mass is 9.96. The molecule has 0 radical (unpaired) electrons. The van der Waals surface area contributed by atoms with Gasteiger partial charge in [-0.1, -0.05) is 6.07 Å². The molecule has 3 heterocycles. The van der Waals surface area contributed by atoms with Crippen molar-refractivity contribution >= 4 is 40.6 Å². The molecular weight excluding hydrogens is 538 g/mol. The molecule has 2 atom stereocenters. The fourth-order valence-electron chi connectivity index (χ4n) is 5.33. The van der Waals surface area contributed by atoms with Crippen LogP contribution in [0.2, 0.25) is 0 Å². The number of aromatic nitrogens is 2. The summed E-state index contributed by atoms with van der Waals surface area (Å²) in [6.07, 6.45) is 1.78. The molecule has 2 N–H and O–H groups in total. The molecule has 0 aliphatic carbocycles. The predicted octanol–water partition coefficient (Wildman–Crippen LogP) is 5.04. The normalized spacial score (nSPS) is 16.4. The standard InChI is InChI=1S/C31H31N5O4S/c1-19-17-25(20(2)35(19)23-12-8-21(9-13-23)30(38)40-4)29-28(26-7-5-6-16-32-26)34-31(41)36(29)24-14-10-22(11-15-24)33-27(37)18-39-3/h5-17,28-29H,18H2,1-4H3,(H,33,37)(H,34,41)/t28-,29+/m1/s1. The predicted molar refractivity (Wildman–Crippen MR) is 161 cm³/mol. The molecule has 0 saturated carbocycles. The van der Waals surface area contributed by atoms with E-state index in [-0.39, 0.29) is 30.6 Å². The van der Waals surface area contributed by atoms with Crippen LogP contribution in [-0.4, -0.2) is 47.4 Å². The fourth-order valence-corrected chi connectivity index (χ4v) is 5.68. The van der Waals surface area contributed by atoms with Crippen molar-refractivity contribution in [2.75, 3.05) is 31.0 Å². The molecule has 1 aliphatic heterocycles. The van der Waals surface area contributed by atoms with Crippen LogP contribution < -0.4 is 15.5 Å². The Morgan fingerprint density at radius 2 is 1.71 bits per heavy atom. The molecule has 0 bridgehead atoms. The third-order valence-electron chi connectivity index (χ3n) is 7.14. The zero-order chi connectivity index (χ0) is 29.1. The second-order valence-corrected chi connectivity index (χ2v) is 10.1. The van der Waals surface area contributed by atoms with Gasteiger partial charge in [0.15, 0.2) is 5.11 Å². The number of amides is 1. The quantitative estimate of drug-likeness (QED) is 0.225. The van der Waals surface area contributed by atoms with Gasteiger partial charge in [0.25, 0.3) is 0 Å². The van der Waals surface area contributed by atoms with E-state index in [9.17, 15) is 9.59 Å². The second kappa shape index (κ2) is 11.9. The van der Waals surface area contributed by atoms with Crippen molar-refractivity contribution in [1.29, 1.82) is 0 Å². The van der Waals surface area contributed by atoms with Crippen molar-refractivity contribution < 1.29 is 19.1 Å². The van der Waals surface area contributed by atoms with Crippen molar-refractivity contribution in [2.24, 2.45) is 0 Å². The van der Waals surface area contributed by atoms with E-state index >= 15 is 0 Å². The van der Waals surface area contributed by atoms with Crippen LogP contribution in [0.3, 0.4) is 0 Å². The fraction of sp³-hybridized carbons (Fsp3) is 0.226. The van der Waals surface area contributed by atoms with Gasteiger partial charge in [-0.15, -0.1) is 0 Å². The van der Waals surface area contributed by atoms with Gasteiger partial charge in [0, 0.05) is 41.8 Å². The molecule has 9 nitrogen and oxygen atoms in total.